The maximum Gasteiger partial charge on any atom is 0.0998 e. The Hall–Kier alpha value is -2.07. The lowest BCUT2D eigenvalue weighted by Crippen LogP contribution is -1.93. The van der Waals surface area contributed by atoms with Crippen LogP contribution in [0.25, 0.3) is 11.1 Å². The van der Waals surface area contributed by atoms with Gasteiger partial charge in [-0.1, -0.05) is 56.3 Å². The van der Waals surface area contributed by atoms with Crippen molar-refractivity contribution in [3.05, 3.63) is 59.7 Å². The van der Waals surface area contributed by atoms with Gasteiger partial charge in [0.05, 0.1) is 11.6 Å². The van der Waals surface area contributed by atoms with Crippen molar-refractivity contribution in [3.8, 4) is 17.2 Å². The molecular weight excluding hydrogens is 218 g/mol. The van der Waals surface area contributed by atoms with Gasteiger partial charge in [-0.25, -0.2) is 0 Å². The summed E-state index contributed by atoms with van der Waals surface area (Å²) >= 11 is 0. The molecule has 0 bridgehead atoms. The van der Waals surface area contributed by atoms with Crippen LogP contribution >= 0.6 is 0 Å². The van der Waals surface area contributed by atoms with E-state index in [1.807, 2.05) is 24.3 Å². The average molecular weight is 235 g/mol. The lowest BCUT2D eigenvalue weighted by atomic mass is 9.97. The third kappa shape index (κ3) is 2.78. The summed E-state index contributed by atoms with van der Waals surface area (Å²) < 4.78 is 0. The van der Waals surface area contributed by atoms with E-state index < -0.39 is 0 Å². The molecule has 0 aliphatic heterocycles. The summed E-state index contributed by atoms with van der Waals surface area (Å²) in [4.78, 5) is 0. The van der Waals surface area contributed by atoms with Crippen LogP contribution in [0.3, 0.4) is 0 Å². The largest absolute Gasteiger partial charge is 0.192 e. The van der Waals surface area contributed by atoms with Crippen molar-refractivity contribution in [2.45, 2.75) is 20.3 Å². The van der Waals surface area contributed by atoms with Gasteiger partial charge in [0.25, 0.3) is 0 Å². The van der Waals surface area contributed by atoms with Crippen LogP contribution in [0.1, 0.15) is 25.0 Å². The van der Waals surface area contributed by atoms with E-state index in [2.05, 4.69) is 44.2 Å². The summed E-state index contributed by atoms with van der Waals surface area (Å²) in [6.07, 6.45) is 1.10. The van der Waals surface area contributed by atoms with Gasteiger partial charge in [0.2, 0.25) is 0 Å². The van der Waals surface area contributed by atoms with E-state index in [0.717, 1.165) is 23.1 Å². The highest BCUT2D eigenvalue weighted by atomic mass is 14.2. The van der Waals surface area contributed by atoms with Gasteiger partial charge in [0.1, 0.15) is 0 Å². The van der Waals surface area contributed by atoms with Gasteiger partial charge in [-0.15, -0.1) is 0 Å². The number of hydrogen-bond donors (Lipinski definition) is 0. The number of rotatable bonds is 3. The second-order valence-corrected chi connectivity index (χ2v) is 4.95. The Labute approximate surface area is 109 Å². The fourth-order valence-corrected chi connectivity index (χ4v) is 2.12. The normalized spacial score (nSPS) is 10.3. The van der Waals surface area contributed by atoms with Crippen LogP contribution in [-0.2, 0) is 6.42 Å². The third-order valence-corrected chi connectivity index (χ3v) is 2.96. The summed E-state index contributed by atoms with van der Waals surface area (Å²) in [5, 5.41) is 9.10. The molecule has 0 heterocycles. The molecule has 1 nitrogen and oxygen atoms in total. The molecule has 0 N–H and O–H groups in total. The first-order valence-corrected chi connectivity index (χ1v) is 6.29. The second-order valence-electron chi connectivity index (χ2n) is 4.95. The molecule has 90 valence electrons. The van der Waals surface area contributed by atoms with Crippen molar-refractivity contribution in [1.29, 1.82) is 5.26 Å². The predicted octanol–water partition coefficient (Wildman–Crippen LogP) is 4.42. The van der Waals surface area contributed by atoms with Crippen molar-refractivity contribution >= 4 is 0 Å². The van der Waals surface area contributed by atoms with E-state index in [9.17, 15) is 0 Å². The van der Waals surface area contributed by atoms with Crippen molar-refractivity contribution < 1.29 is 0 Å². The number of benzene rings is 2. The molecule has 0 saturated heterocycles. The van der Waals surface area contributed by atoms with E-state index in [1.165, 1.54) is 5.56 Å². The molecule has 0 atom stereocenters. The molecule has 0 spiro atoms. The van der Waals surface area contributed by atoms with Gasteiger partial charge in [-0.2, -0.15) is 5.26 Å². The van der Waals surface area contributed by atoms with Crippen molar-refractivity contribution in [1.82, 2.24) is 0 Å². The minimum absolute atomic E-state index is 0.669. The smallest absolute Gasteiger partial charge is 0.0998 e. The number of nitriles is 1. The maximum atomic E-state index is 9.10. The van der Waals surface area contributed by atoms with Crippen molar-refractivity contribution in [2.24, 2.45) is 5.92 Å². The van der Waals surface area contributed by atoms with Crippen LogP contribution in [-0.4, -0.2) is 0 Å². The zero-order chi connectivity index (χ0) is 13.0. The SMILES string of the molecule is CC(C)Cc1ccc(-c2ccccc2C#N)cc1. The molecule has 0 radical (unpaired) electrons. The van der Waals surface area contributed by atoms with Gasteiger partial charge in [0.15, 0.2) is 0 Å². The Morgan fingerprint density at radius 3 is 2.28 bits per heavy atom. The maximum absolute atomic E-state index is 9.10. The lowest BCUT2D eigenvalue weighted by Gasteiger charge is -2.07. The first-order valence-electron chi connectivity index (χ1n) is 6.29. The summed E-state index contributed by atoms with van der Waals surface area (Å²) in [7, 11) is 0. The summed E-state index contributed by atoms with van der Waals surface area (Å²) in [5.74, 6) is 0.669. The molecule has 0 amide bonds. The lowest BCUT2D eigenvalue weighted by molar-refractivity contribution is 0.647. The van der Waals surface area contributed by atoms with Crippen molar-refractivity contribution in [3.63, 3.8) is 0 Å². The molecule has 0 aliphatic carbocycles. The Morgan fingerprint density at radius 2 is 1.67 bits per heavy atom. The molecular formula is C17H17N. The van der Waals surface area contributed by atoms with E-state index in [-0.39, 0.29) is 0 Å². The van der Waals surface area contributed by atoms with E-state index in [0.29, 0.717) is 5.92 Å². The van der Waals surface area contributed by atoms with Crippen LogP contribution in [0.15, 0.2) is 48.5 Å². The molecule has 2 aromatic carbocycles. The fourth-order valence-electron chi connectivity index (χ4n) is 2.12. The molecule has 2 aromatic rings. The highest BCUT2D eigenvalue weighted by molar-refractivity contribution is 5.70. The van der Waals surface area contributed by atoms with Gasteiger partial charge >= 0.3 is 0 Å². The highest BCUT2D eigenvalue weighted by Crippen LogP contribution is 2.24. The zero-order valence-corrected chi connectivity index (χ0v) is 10.9. The minimum Gasteiger partial charge on any atom is -0.192 e. The molecule has 1 heteroatoms. The number of nitrogens with zero attached hydrogens (tertiary/aromatic N) is 1. The van der Waals surface area contributed by atoms with Gasteiger partial charge in [0, 0.05) is 0 Å². The molecule has 0 aromatic heterocycles. The minimum atomic E-state index is 0.669. The Bertz CT molecular complexity index is 559. The van der Waals surface area contributed by atoms with Gasteiger partial charge < -0.3 is 0 Å². The molecule has 18 heavy (non-hydrogen) atoms. The van der Waals surface area contributed by atoms with Crippen LogP contribution in [0.4, 0.5) is 0 Å². The topological polar surface area (TPSA) is 23.8 Å². The molecule has 2 rings (SSSR count). The predicted molar refractivity (Wildman–Crippen MR) is 75.1 cm³/mol. The van der Waals surface area contributed by atoms with Crippen LogP contribution < -0.4 is 0 Å². The molecule has 0 aliphatic rings. The van der Waals surface area contributed by atoms with E-state index in [4.69, 9.17) is 5.26 Å². The molecule has 0 fully saturated rings. The van der Waals surface area contributed by atoms with Crippen LogP contribution in [0.5, 0.6) is 0 Å². The van der Waals surface area contributed by atoms with Gasteiger partial charge in [-0.3, -0.25) is 0 Å². The number of hydrogen-bond acceptors (Lipinski definition) is 1. The summed E-state index contributed by atoms with van der Waals surface area (Å²) in [5.41, 5.74) is 4.20. The first-order chi connectivity index (χ1) is 8.70. The standard InChI is InChI=1S/C17H17N/c1-13(2)11-14-7-9-15(10-8-14)17-6-4-3-5-16(17)12-18/h3-10,13H,11H2,1-2H3. The first kappa shape index (κ1) is 12.4. The van der Waals surface area contributed by atoms with Crippen LogP contribution in [0, 0.1) is 17.2 Å². The fraction of sp³-hybridized carbons (Fsp3) is 0.235. The third-order valence-electron chi connectivity index (χ3n) is 2.96. The monoisotopic (exact) mass is 235 g/mol. The Balaban J connectivity index is 2.32. The van der Waals surface area contributed by atoms with Gasteiger partial charge in [-0.05, 0) is 35.1 Å². The van der Waals surface area contributed by atoms with Crippen molar-refractivity contribution in [2.75, 3.05) is 0 Å². The van der Waals surface area contributed by atoms with Crippen LogP contribution in [0.2, 0.25) is 0 Å². The quantitative estimate of drug-likeness (QED) is 0.772. The highest BCUT2D eigenvalue weighted by Gasteiger charge is 2.04. The Kier molecular flexibility index (Phi) is 3.79. The molecule has 0 unspecified atom stereocenters. The summed E-state index contributed by atoms with van der Waals surface area (Å²) in [6.45, 7) is 4.44. The second kappa shape index (κ2) is 5.51. The summed E-state index contributed by atoms with van der Waals surface area (Å²) in [6, 6.07) is 18.5. The molecule has 0 saturated carbocycles. The average Bonchev–Trinajstić information content (AvgIpc) is 2.39. The zero-order valence-electron chi connectivity index (χ0n) is 10.9. The van der Waals surface area contributed by atoms with E-state index >= 15 is 0 Å². The Morgan fingerprint density at radius 1 is 1.00 bits per heavy atom. The van der Waals surface area contributed by atoms with E-state index in [1.54, 1.807) is 0 Å².